The Balaban J connectivity index is 1.68. The maximum absolute atomic E-state index is 9.55. The van der Waals surface area contributed by atoms with Crippen LogP contribution in [0.5, 0.6) is 0 Å². The second-order valence-corrected chi connectivity index (χ2v) is 6.44. The molecule has 112 valence electrons. The van der Waals surface area contributed by atoms with Crippen LogP contribution in [0.2, 0.25) is 0 Å². The van der Waals surface area contributed by atoms with E-state index in [9.17, 15) is 5.11 Å². The van der Waals surface area contributed by atoms with E-state index >= 15 is 0 Å². The Bertz CT molecular complexity index is 609. The van der Waals surface area contributed by atoms with Gasteiger partial charge in [0.05, 0.1) is 11.8 Å². The molecule has 0 bridgehead atoms. The van der Waals surface area contributed by atoms with Crippen molar-refractivity contribution in [3.05, 3.63) is 40.2 Å². The Morgan fingerprint density at radius 1 is 1.38 bits per heavy atom. The number of rotatable bonds is 4. The van der Waals surface area contributed by atoms with Gasteiger partial charge in [0.1, 0.15) is 5.76 Å². The van der Waals surface area contributed by atoms with Crippen molar-refractivity contribution in [2.45, 2.75) is 25.9 Å². The Morgan fingerprint density at radius 2 is 2.14 bits per heavy atom. The summed E-state index contributed by atoms with van der Waals surface area (Å²) in [7, 11) is 0. The summed E-state index contributed by atoms with van der Waals surface area (Å²) >= 11 is 3.43. The average molecular weight is 351 g/mol. The van der Waals surface area contributed by atoms with Crippen molar-refractivity contribution in [3.8, 4) is 11.5 Å². The molecule has 2 aromatic rings. The lowest BCUT2D eigenvalue weighted by Crippen LogP contribution is -2.24. The minimum absolute atomic E-state index is 0.165. The van der Waals surface area contributed by atoms with Crippen molar-refractivity contribution in [1.29, 1.82) is 0 Å². The van der Waals surface area contributed by atoms with E-state index in [1.54, 1.807) is 0 Å². The number of hydrogen-bond donors (Lipinski definition) is 1. The number of aromatic nitrogens is 1. The van der Waals surface area contributed by atoms with Crippen LogP contribution in [0.3, 0.4) is 0 Å². The van der Waals surface area contributed by atoms with E-state index in [4.69, 9.17) is 4.42 Å². The number of aryl methyl sites for hydroxylation is 1. The topological polar surface area (TPSA) is 49.5 Å². The van der Waals surface area contributed by atoms with E-state index in [-0.39, 0.29) is 6.10 Å². The molecule has 1 saturated heterocycles. The van der Waals surface area contributed by atoms with Crippen LogP contribution in [0.15, 0.2) is 33.2 Å². The standard InChI is InChI=1S/C16H19BrN2O2/c1-11-15(7-9-19-8-6-14(20)10-19)18-16(21-11)12-2-4-13(17)5-3-12/h2-5,14,20H,6-10H2,1H3. The number of hydrogen-bond acceptors (Lipinski definition) is 4. The van der Waals surface area contributed by atoms with Gasteiger partial charge in [-0.3, -0.25) is 0 Å². The highest BCUT2D eigenvalue weighted by molar-refractivity contribution is 9.10. The Morgan fingerprint density at radius 3 is 2.81 bits per heavy atom. The summed E-state index contributed by atoms with van der Waals surface area (Å²) in [4.78, 5) is 6.89. The Labute approximate surface area is 132 Å². The Hall–Kier alpha value is -1.17. The number of benzene rings is 1. The first-order valence-corrected chi connectivity index (χ1v) is 8.04. The van der Waals surface area contributed by atoms with Gasteiger partial charge in [-0.05, 0) is 37.6 Å². The smallest absolute Gasteiger partial charge is 0.226 e. The minimum atomic E-state index is -0.165. The SMILES string of the molecule is Cc1oc(-c2ccc(Br)cc2)nc1CCN1CCC(O)C1. The van der Waals surface area contributed by atoms with Gasteiger partial charge in [0.2, 0.25) is 5.89 Å². The van der Waals surface area contributed by atoms with Gasteiger partial charge in [-0.25, -0.2) is 4.98 Å². The molecule has 0 saturated carbocycles. The molecule has 1 unspecified atom stereocenters. The van der Waals surface area contributed by atoms with Crippen LogP contribution in [0.4, 0.5) is 0 Å². The van der Waals surface area contributed by atoms with E-state index < -0.39 is 0 Å². The van der Waals surface area contributed by atoms with Crippen LogP contribution >= 0.6 is 15.9 Å². The summed E-state index contributed by atoms with van der Waals surface area (Å²) in [6.45, 7) is 4.63. The zero-order valence-corrected chi connectivity index (χ0v) is 13.6. The van der Waals surface area contributed by atoms with Crippen molar-refractivity contribution in [2.75, 3.05) is 19.6 Å². The molecule has 3 rings (SSSR count). The summed E-state index contributed by atoms with van der Waals surface area (Å²) in [5, 5.41) is 9.55. The fourth-order valence-electron chi connectivity index (χ4n) is 2.66. The Kier molecular flexibility index (Phi) is 4.42. The van der Waals surface area contributed by atoms with Gasteiger partial charge in [-0.15, -0.1) is 0 Å². The van der Waals surface area contributed by atoms with Gasteiger partial charge < -0.3 is 14.4 Å². The number of halogens is 1. The highest BCUT2D eigenvalue weighted by Gasteiger charge is 2.20. The molecule has 0 radical (unpaired) electrons. The molecule has 1 fully saturated rings. The molecule has 5 heteroatoms. The van der Waals surface area contributed by atoms with Crippen LogP contribution in [0.1, 0.15) is 17.9 Å². The number of β-amino-alcohol motifs (C(OH)–C–C–N with tert-alkyl or cyclic N) is 1. The zero-order valence-electron chi connectivity index (χ0n) is 12.1. The summed E-state index contributed by atoms with van der Waals surface area (Å²) in [5.74, 6) is 1.56. The van der Waals surface area contributed by atoms with E-state index in [1.807, 2.05) is 31.2 Å². The van der Waals surface area contributed by atoms with Crippen molar-refractivity contribution in [1.82, 2.24) is 9.88 Å². The summed E-state index contributed by atoms with van der Waals surface area (Å²) < 4.78 is 6.83. The number of oxazole rings is 1. The van der Waals surface area contributed by atoms with Crippen LogP contribution in [-0.2, 0) is 6.42 Å². The summed E-state index contributed by atoms with van der Waals surface area (Å²) in [5.41, 5.74) is 2.00. The van der Waals surface area contributed by atoms with Gasteiger partial charge in [0, 0.05) is 36.1 Å². The molecule has 0 aliphatic carbocycles. The van der Waals surface area contributed by atoms with E-state index in [0.29, 0.717) is 5.89 Å². The van der Waals surface area contributed by atoms with E-state index in [1.165, 1.54) is 0 Å². The highest BCUT2D eigenvalue weighted by atomic mass is 79.9. The first kappa shape index (κ1) is 14.8. The van der Waals surface area contributed by atoms with Gasteiger partial charge in [-0.2, -0.15) is 0 Å². The number of aliphatic hydroxyl groups is 1. The summed E-state index contributed by atoms with van der Waals surface area (Å²) in [6.07, 6.45) is 1.57. The van der Waals surface area contributed by atoms with Gasteiger partial charge in [-0.1, -0.05) is 15.9 Å². The fraction of sp³-hybridized carbons (Fsp3) is 0.438. The van der Waals surface area contributed by atoms with Crippen LogP contribution in [0, 0.1) is 6.92 Å². The van der Waals surface area contributed by atoms with E-state index in [2.05, 4.69) is 25.8 Å². The fourth-order valence-corrected chi connectivity index (χ4v) is 2.92. The van der Waals surface area contributed by atoms with Crippen LogP contribution in [-0.4, -0.2) is 40.7 Å². The van der Waals surface area contributed by atoms with E-state index in [0.717, 1.165) is 54.0 Å². The van der Waals surface area contributed by atoms with Crippen LogP contribution < -0.4 is 0 Å². The molecule has 1 aliphatic heterocycles. The van der Waals surface area contributed by atoms with Crippen molar-refractivity contribution in [3.63, 3.8) is 0 Å². The summed E-state index contributed by atoms with van der Waals surface area (Å²) in [6, 6.07) is 7.96. The molecular weight excluding hydrogens is 332 g/mol. The van der Waals surface area contributed by atoms with Crippen molar-refractivity contribution >= 4 is 15.9 Å². The minimum Gasteiger partial charge on any atom is -0.441 e. The lowest BCUT2D eigenvalue weighted by molar-refractivity contribution is 0.176. The second-order valence-electron chi connectivity index (χ2n) is 5.52. The molecule has 1 aromatic heterocycles. The normalized spacial score (nSPS) is 19.3. The predicted molar refractivity (Wildman–Crippen MR) is 85.1 cm³/mol. The maximum atomic E-state index is 9.55. The largest absolute Gasteiger partial charge is 0.441 e. The molecule has 1 atom stereocenters. The zero-order chi connectivity index (χ0) is 14.8. The molecule has 4 nitrogen and oxygen atoms in total. The lowest BCUT2D eigenvalue weighted by atomic mass is 10.2. The number of aliphatic hydroxyl groups excluding tert-OH is 1. The molecule has 21 heavy (non-hydrogen) atoms. The molecular formula is C16H19BrN2O2. The molecule has 2 heterocycles. The average Bonchev–Trinajstić information content (AvgIpc) is 3.04. The predicted octanol–water partition coefficient (Wildman–Crippen LogP) is 3.02. The number of likely N-dealkylation sites (tertiary alicyclic amines) is 1. The molecule has 0 amide bonds. The first-order chi connectivity index (χ1) is 10.1. The number of nitrogens with zero attached hydrogens (tertiary/aromatic N) is 2. The van der Waals surface area contributed by atoms with Gasteiger partial charge >= 0.3 is 0 Å². The molecule has 0 spiro atoms. The first-order valence-electron chi connectivity index (χ1n) is 7.24. The van der Waals surface area contributed by atoms with Crippen molar-refractivity contribution < 1.29 is 9.52 Å². The molecule has 1 N–H and O–H groups in total. The van der Waals surface area contributed by atoms with Crippen LogP contribution in [0.25, 0.3) is 11.5 Å². The second kappa shape index (κ2) is 6.30. The molecule has 1 aromatic carbocycles. The maximum Gasteiger partial charge on any atom is 0.226 e. The molecule has 1 aliphatic rings. The van der Waals surface area contributed by atoms with Crippen molar-refractivity contribution in [2.24, 2.45) is 0 Å². The monoisotopic (exact) mass is 350 g/mol. The third kappa shape index (κ3) is 3.54. The third-order valence-electron chi connectivity index (χ3n) is 3.90. The lowest BCUT2D eigenvalue weighted by Gasteiger charge is -2.13. The van der Waals surface area contributed by atoms with Gasteiger partial charge in [0.25, 0.3) is 0 Å². The van der Waals surface area contributed by atoms with Gasteiger partial charge in [0.15, 0.2) is 0 Å². The highest BCUT2D eigenvalue weighted by Crippen LogP contribution is 2.24. The third-order valence-corrected chi connectivity index (χ3v) is 4.42. The quantitative estimate of drug-likeness (QED) is 0.920.